The van der Waals surface area contributed by atoms with Gasteiger partial charge in [0.25, 0.3) is 5.56 Å². The van der Waals surface area contributed by atoms with E-state index in [-0.39, 0.29) is 12.2 Å². The molecule has 2 aromatic heterocycles. The number of benzene rings is 1. The molecule has 3 heterocycles. The van der Waals surface area contributed by atoms with Gasteiger partial charge in [0.05, 0.1) is 22.4 Å². The highest BCUT2D eigenvalue weighted by atomic mass is 79.9. The molecular weight excluding hydrogens is 472 g/mol. The number of aromatic nitrogens is 1. The fourth-order valence-electron chi connectivity index (χ4n) is 3.22. The van der Waals surface area contributed by atoms with Crippen LogP contribution in [0.2, 0.25) is 0 Å². The van der Waals surface area contributed by atoms with Crippen LogP contribution >= 0.6 is 38.6 Å². The summed E-state index contributed by atoms with van der Waals surface area (Å²) in [5.41, 5.74) is 1.76. The van der Waals surface area contributed by atoms with Crippen molar-refractivity contribution >= 4 is 50.6 Å². The highest BCUT2D eigenvalue weighted by molar-refractivity contribution is 9.10. The molecular formula is C21H17BrN2O3S2. The van der Waals surface area contributed by atoms with Crippen LogP contribution in [0.1, 0.15) is 30.3 Å². The van der Waals surface area contributed by atoms with Gasteiger partial charge in [-0.2, -0.15) is 0 Å². The molecule has 0 aliphatic carbocycles. The van der Waals surface area contributed by atoms with Crippen LogP contribution in [0.15, 0.2) is 67.3 Å². The maximum absolute atomic E-state index is 13.3. The first-order valence-corrected chi connectivity index (χ1v) is 11.5. The van der Waals surface area contributed by atoms with Crippen LogP contribution < -0.4 is 14.9 Å². The third-order valence-corrected chi connectivity index (χ3v) is 6.93. The Morgan fingerprint density at radius 2 is 2.07 bits per heavy atom. The number of allylic oxidation sites excluding steroid dienone is 1. The largest absolute Gasteiger partial charge is 0.463 e. The molecule has 4 rings (SSSR count). The molecule has 0 saturated carbocycles. The van der Waals surface area contributed by atoms with Gasteiger partial charge in [0.1, 0.15) is 6.04 Å². The lowest BCUT2D eigenvalue weighted by Crippen LogP contribution is -2.39. The van der Waals surface area contributed by atoms with E-state index in [0.717, 1.165) is 14.9 Å². The number of hydrogen-bond acceptors (Lipinski definition) is 6. The van der Waals surface area contributed by atoms with Crippen LogP contribution in [0.3, 0.4) is 0 Å². The van der Waals surface area contributed by atoms with E-state index < -0.39 is 12.0 Å². The Hall–Kier alpha value is -2.29. The maximum Gasteiger partial charge on any atom is 0.338 e. The zero-order valence-electron chi connectivity index (χ0n) is 15.7. The van der Waals surface area contributed by atoms with E-state index in [2.05, 4.69) is 20.9 Å². The highest BCUT2D eigenvalue weighted by Crippen LogP contribution is 2.33. The van der Waals surface area contributed by atoms with Crippen molar-refractivity contribution in [1.29, 1.82) is 0 Å². The predicted octanol–water partition coefficient (Wildman–Crippen LogP) is 3.62. The lowest BCUT2D eigenvalue weighted by atomic mass is 10.0. The standard InChI is InChI=1S/C21H17BrN2O3S2/c1-3-27-20(26)17-12(2)23-21-24(18(17)15-5-4-10-28-15)19(25)16(29-21)11-13-6-8-14(22)9-7-13/h4-11,18H,3H2,1-2H3/b16-11-/t18-/m0/s1. The molecule has 0 bridgehead atoms. The lowest BCUT2D eigenvalue weighted by molar-refractivity contribution is -0.139. The second-order valence-electron chi connectivity index (χ2n) is 6.37. The topological polar surface area (TPSA) is 60.7 Å². The van der Waals surface area contributed by atoms with Gasteiger partial charge in [-0.3, -0.25) is 9.36 Å². The van der Waals surface area contributed by atoms with E-state index in [1.807, 2.05) is 47.9 Å². The molecule has 8 heteroatoms. The van der Waals surface area contributed by atoms with Crippen LogP contribution in [0.4, 0.5) is 0 Å². The fourth-order valence-corrected chi connectivity index (χ4v) is 5.35. The third-order valence-electron chi connectivity index (χ3n) is 4.50. The first-order chi connectivity index (χ1) is 14.0. The van der Waals surface area contributed by atoms with Gasteiger partial charge in [0.15, 0.2) is 4.80 Å². The van der Waals surface area contributed by atoms with Crippen molar-refractivity contribution < 1.29 is 9.53 Å². The van der Waals surface area contributed by atoms with Crippen molar-refractivity contribution in [1.82, 2.24) is 4.57 Å². The molecule has 148 valence electrons. The molecule has 0 amide bonds. The Labute approximate surface area is 183 Å². The number of thiophene rings is 1. The average molecular weight is 489 g/mol. The minimum atomic E-state index is -0.530. The number of fused-ring (bicyclic) bond motifs is 1. The second-order valence-corrected chi connectivity index (χ2v) is 9.27. The molecule has 0 spiro atoms. The quantitative estimate of drug-likeness (QED) is 0.526. The van der Waals surface area contributed by atoms with E-state index in [4.69, 9.17) is 4.74 Å². The molecule has 0 N–H and O–H groups in total. The van der Waals surface area contributed by atoms with E-state index in [1.165, 1.54) is 22.7 Å². The van der Waals surface area contributed by atoms with Crippen LogP contribution in [0.25, 0.3) is 6.08 Å². The summed E-state index contributed by atoms with van der Waals surface area (Å²) in [7, 11) is 0. The molecule has 1 aliphatic rings. The Morgan fingerprint density at radius 1 is 1.31 bits per heavy atom. The monoisotopic (exact) mass is 488 g/mol. The average Bonchev–Trinajstić information content (AvgIpc) is 3.32. The Morgan fingerprint density at radius 3 is 2.72 bits per heavy atom. The molecule has 1 atom stereocenters. The van der Waals surface area contributed by atoms with Gasteiger partial charge >= 0.3 is 5.97 Å². The molecule has 29 heavy (non-hydrogen) atoms. The SMILES string of the molecule is CCOC(=O)C1=C(C)N=c2s/c(=C\c3ccc(Br)cc3)c(=O)n2[C@H]1c1cccs1. The molecule has 0 radical (unpaired) electrons. The molecule has 0 fully saturated rings. The Balaban J connectivity index is 1.93. The molecule has 1 aliphatic heterocycles. The van der Waals surface area contributed by atoms with Crippen molar-refractivity contribution in [3.8, 4) is 0 Å². The summed E-state index contributed by atoms with van der Waals surface area (Å²) in [6.07, 6.45) is 1.85. The first-order valence-electron chi connectivity index (χ1n) is 8.98. The summed E-state index contributed by atoms with van der Waals surface area (Å²) in [6, 6.07) is 11.1. The third kappa shape index (κ3) is 3.80. The van der Waals surface area contributed by atoms with Crippen molar-refractivity contribution in [2.24, 2.45) is 4.99 Å². The van der Waals surface area contributed by atoms with Gasteiger partial charge in [0.2, 0.25) is 0 Å². The van der Waals surface area contributed by atoms with Gasteiger partial charge in [0, 0.05) is 9.35 Å². The zero-order chi connectivity index (χ0) is 20.5. The van der Waals surface area contributed by atoms with Gasteiger partial charge in [-0.1, -0.05) is 45.5 Å². The minimum Gasteiger partial charge on any atom is -0.463 e. The van der Waals surface area contributed by atoms with E-state index in [1.54, 1.807) is 18.4 Å². The molecule has 5 nitrogen and oxygen atoms in total. The number of esters is 1. The fraction of sp³-hybridized carbons (Fsp3) is 0.190. The van der Waals surface area contributed by atoms with Gasteiger partial charge in [-0.15, -0.1) is 11.3 Å². The predicted molar refractivity (Wildman–Crippen MR) is 119 cm³/mol. The van der Waals surface area contributed by atoms with Crippen LogP contribution in [0, 0.1) is 0 Å². The van der Waals surface area contributed by atoms with Crippen molar-refractivity contribution in [3.63, 3.8) is 0 Å². The smallest absolute Gasteiger partial charge is 0.338 e. The summed E-state index contributed by atoms with van der Waals surface area (Å²) in [6.45, 7) is 3.82. The van der Waals surface area contributed by atoms with Crippen molar-refractivity contribution in [2.45, 2.75) is 19.9 Å². The number of ether oxygens (including phenoxy) is 1. The summed E-state index contributed by atoms with van der Waals surface area (Å²) in [5.74, 6) is -0.436. The lowest BCUT2D eigenvalue weighted by Gasteiger charge is -2.23. The number of hydrogen-bond donors (Lipinski definition) is 0. The number of carbonyl (C=O) groups is 1. The molecule has 1 aromatic carbocycles. The van der Waals surface area contributed by atoms with Gasteiger partial charge < -0.3 is 4.74 Å². The van der Waals surface area contributed by atoms with Crippen LogP contribution in [-0.2, 0) is 9.53 Å². The summed E-state index contributed by atoms with van der Waals surface area (Å²) in [4.78, 5) is 32.1. The maximum atomic E-state index is 13.3. The Bertz CT molecular complexity index is 1270. The molecule has 0 unspecified atom stereocenters. The number of halogens is 1. The summed E-state index contributed by atoms with van der Waals surface area (Å²) < 4.78 is 8.43. The number of thiazole rings is 1. The number of carbonyl (C=O) groups excluding carboxylic acids is 1. The van der Waals surface area contributed by atoms with Crippen molar-refractivity contribution in [2.75, 3.05) is 6.61 Å². The normalized spacial score (nSPS) is 16.5. The minimum absolute atomic E-state index is 0.163. The number of rotatable bonds is 4. The molecule has 0 saturated heterocycles. The van der Waals surface area contributed by atoms with E-state index >= 15 is 0 Å². The van der Waals surface area contributed by atoms with Crippen molar-refractivity contribution in [3.05, 3.63) is 87.6 Å². The van der Waals surface area contributed by atoms with Gasteiger partial charge in [-0.25, -0.2) is 9.79 Å². The second kappa shape index (κ2) is 8.22. The summed E-state index contributed by atoms with van der Waals surface area (Å²) >= 11 is 6.25. The van der Waals surface area contributed by atoms with Gasteiger partial charge in [-0.05, 0) is 49.1 Å². The number of nitrogens with zero attached hydrogens (tertiary/aromatic N) is 2. The van der Waals surface area contributed by atoms with Crippen LogP contribution in [0.5, 0.6) is 0 Å². The Kier molecular flexibility index (Phi) is 5.67. The highest BCUT2D eigenvalue weighted by Gasteiger charge is 2.33. The summed E-state index contributed by atoms with van der Waals surface area (Å²) in [5, 5.41) is 1.94. The zero-order valence-corrected chi connectivity index (χ0v) is 18.9. The molecule has 3 aromatic rings. The van der Waals surface area contributed by atoms with Crippen LogP contribution in [-0.4, -0.2) is 17.1 Å². The van der Waals surface area contributed by atoms with E-state index in [0.29, 0.717) is 20.6 Å². The first kappa shape index (κ1) is 20.0. The van der Waals surface area contributed by atoms with E-state index in [9.17, 15) is 9.59 Å².